The van der Waals surface area contributed by atoms with E-state index in [4.69, 9.17) is 0 Å². The molecule has 2 aliphatic rings. The number of hydrogen-bond donors (Lipinski definition) is 2. The minimum Gasteiger partial charge on any atom is -0.393 e. The molecule has 2 nitrogen and oxygen atoms in total. The molecule has 232 valence electrons. The Hall–Kier alpha value is -2.42. The highest BCUT2D eigenvalue weighted by Crippen LogP contribution is 2.45. The van der Waals surface area contributed by atoms with Crippen LogP contribution in [0.4, 0.5) is 0 Å². The highest BCUT2D eigenvalue weighted by Gasteiger charge is 2.40. The molecule has 2 rings (SSSR count). The summed E-state index contributed by atoms with van der Waals surface area (Å²) in [4.78, 5) is 0. The maximum Gasteiger partial charge on any atom is 0.0571 e. The van der Waals surface area contributed by atoms with Crippen molar-refractivity contribution in [2.75, 3.05) is 0 Å². The van der Waals surface area contributed by atoms with Gasteiger partial charge in [0.15, 0.2) is 0 Å². The van der Waals surface area contributed by atoms with Gasteiger partial charge in [-0.25, -0.2) is 0 Å². The molecule has 0 unspecified atom stereocenters. The van der Waals surface area contributed by atoms with Crippen LogP contribution in [0.1, 0.15) is 94.9 Å². The lowest BCUT2D eigenvalue weighted by Gasteiger charge is -2.44. The molecular formula is C40H60O2. The smallest absolute Gasteiger partial charge is 0.0571 e. The maximum absolute atomic E-state index is 10.3. The van der Waals surface area contributed by atoms with Crippen molar-refractivity contribution in [1.29, 1.82) is 0 Å². The SMILES string of the molecule is CC(=C/C=C/C(C)=C/C=C/C=C(C)/C=C/C=C(C)\C=C\[C@H]1[C@H](C)[C@@H](O)CCC1(C)C)/C=C/[C@H]1[C@H](C)[C@H](O)CCC1(C)C. The number of allylic oxidation sites excluding steroid dienone is 18. The third-order valence-corrected chi connectivity index (χ3v) is 9.72. The van der Waals surface area contributed by atoms with Crippen LogP contribution in [-0.2, 0) is 0 Å². The summed E-state index contributed by atoms with van der Waals surface area (Å²) in [5, 5.41) is 20.6. The van der Waals surface area contributed by atoms with Gasteiger partial charge in [-0.2, -0.15) is 0 Å². The van der Waals surface area contributed by atoms with E-state index in [0.717, 1.165) is 25.7 Å². The Morgan fingerprint density at radius 1 is 0.524 bits per heavy atom. The molecular weight excluding hydrogens is 512 g/mol. The molecule has 0 aromatic heterocycles. The van der Waals surface area contributed by atoms with Crippen LogP contribution in [0.3, 0.4) is 0 Å². The summed E-state index contributed by atoms with van der Waals surface area (Å²) in [5.41, 5.74) is 5.27. The van der Waals surface area contributed by atoms with Crippen LogP contribution in [-0.4, -0.2) is 22.4 Å². The Labute approximate surface area is 258 Å². The topological polar surface area (TPSA) is 40.5 Å². The fourth-order valence-electron chi connectivity index (χ4n) is 6.52. The quantitative estimate of drug-likeness (QED) is 0.256. The Bertz CT molecular complexity index is 1050. The second-order valence-electron chi connectivity index (χ2n) is 14.4. The largest absolute Gasteiger partial charge is 0.393 e. The van der Waals surface area contributed by atoms with E-state index in [0.29, 0.717) is 23.7 Å². The van der Waals surface area contributed by atoms with E-state index in [1.54, 1.807) is 0 Å². The van der Waals surface area contributed by atoms with Crippen LogP contribution in [0.5, 0.6) is 0 Å². The first-order valence-corrected chi connectivity index (χ1v) is 16.1. The van der Waals surface area contributed by atoms with Gasteiger partial charge >= 0.3 is 0 Å². The zero-order valence-corrected chi connectivity index (χ0v) is 28.3. The Morgan fingerprint density at radius 3 is 1.19 bits per heavy atom. The first-order chi connectivity index (χ1) is 19.6. The van der Waals surface area contributed by atoms with Gasteiger partial charge in [-0.05, 0) is 87.9 Å². The first kappa shape index (κ1) is 35.8. The Balaban J connectivity index is 1.88. The van der Waals surface area contributed by atoms with Gasteiger partial charge in [0.1, 0.15) is 0 Å². The molecule has 0 bridgehead atoms. The summed E-state index contributed by atoms with van der Waals surface area (Å²) in [6.45, 7) is 22.1. The van der Waals surface area contributed by atoms with Gasteiger partial charge in [0.2, 0.25) is 0 Å². The van der Waals surface area contributed by atoms with E-state index in [-0.39, 0.29) is 23.0 Å². The van der Waals surface area contributed by atoms with Crippen molar-refractivity contribution in [2.45, 2.75) is 107 Å². The van der Waals surface area contributed by atoms with Gasteiger partial charge < -0.3 is 10.2 Å². The summed E-state index contributed by atoms with van der Waals surface area (Å²) in [7, 11) is 0. The van der Waals surface area contributed by atoms with Gasteiger partial charge in [0, 0.05) is 0 Å². The molecule has 0 heterocycles. The molecule has 6 atom stereocenters. The highest BCUT2D eigenvalue weighted by molar-refractivity contribution is 5.32. The Kier molecular flexibility index (Phi) is 14.0. The van der Waals surface area contributed by atoms with E-state index < -0.39 is 0 Å². The van der Waals surface area contributed by atoms with Crippen LogP contribution < -0.4 is 0 Å². The predicted molar refractivity (Wildman–Crippen MR) is 184 cm³/mol. The molecule has 0 aromatic carbocycles. The fourth-order valence-corrected chi connectivity index (χ4v) is 6.52. The van der Waals surface area contributed by atoms with E-state index in [9.17, 15) is 10.2 Å². The summed E-state index contributed by atoms with van der Waals surface area (Å²) < 4.78 is 0. The van der Waals surface area contributed by atoms with Crippen LogP contribution in [0.25, 0.3) is 0 Å². The molecule has 0 aliphatic heterocycles. The summed E-state index contributed by atoms with van der Waals surface area (Å²) in [6, 6.07) is 0. The van der Waals surface area contributed by atoms with Crippen molar-refractivity contribution < 1.29 is 10.2 Å². The van der Waals surface area contributed by atoms with E-state index in [1.807, 2.05) is 0 Å². The summed E-state index contributed by atoms with van der Waals surface area (Å²) in [5.74, 6) is 1.37. The monoisotopic (exact) mass is 572 g/mol. The van der Waals surface area contributed by atoms with E-state index in [2.05, 4.69) is 154 Å². The van der Waals surface area contributed by atoms with Crippen LogP contribution >= 0.6 is 0 Å². The average molecular weight is 573 g/mol. The van der Waals surface area contributed by atoms with E-state index >= 15 is 0 Å². The van der Waals surface area contributed by atoms with Crippen LogP contribution in [0.2, 0.25) is 0 Å². The minimum absolute atomic E-state index is 0.194. The van der Waals surface area contributed by atoms with Crippen molar-refractivity contribution >= 4 is 0 Å². The lowest BCUT2D eigenvalue weighted by Crippen LogP contribution is -2.40. The molecule has 2 saturated carbocycles. The van der Waals surface area contributed by atoms with Crippen LogP contribution in [0.15, 0.2) is 107 Å². The molecule has 0 aromatic rings. The maximum atomic E-state index is 10.3. The molecule has 0 saturated heterocycles. The normalized spacial score (nSPS) is 31.9. The molecule has 0 spiro atoms. The van der Waals surface area contributed by atoms with Gasteiger partial charge in [-0.1, -0.05) is 149 Å². The third-order valence-electron chi connectivity index (χ3n) is 9.72. The molecule has 2 fully saturated rings. The van der Waals surface area contributed by atoms with Crippen molar-refractivity contribution in [3.05, 3.63) is 107 Å². The second kappa shape index (κ2) is 16.4. The van der Waals surface area contributed by atoms with Crippen molar-refractivity contribution in [3.8, 4) is 0 Å². The number of aliphatic hydroxyl groups excluding tert-OH is 2. The summed E-state index contributed by atoms with van der Waals surface area (Å²) >= 11 is 0. The van der Waals surface area contributed by atoms with Crippen molar-refractivity contribution in [2.24, 2.45) is 34.5 Å². The number of hydrogen-bond acceptors (Lipinski definition) is 2. The average Bonchev–Trinajstić information content (AvgIpc) is 2.91. The molecule has 2 heteroatoms. The van der Waals surface area contributed by atoms with Crippen molar-refractivity contribution in [1.82, 2.24) is 0 Å². The van der Waals surface area contributed by atoms with Gasteiger partial charge in [0.25, 0.3) is 0 Å². The number of aliphatic hydroxyl groups is 2. The lowest BCUT2D eigenvalue weighted by atomic mass is 9.63. The minimum atomic E-state index is -0.194. The molecule has 2 N–H and O–H groups in total. The molecule has 2 aliphatic carbocycles. The van der Waals surface area contributed by atoms with Crippen molar-refractivity contribution in [3.63, 3.8) is 0 Å². The Morgan fingerprint density at radius 2 is 0.833 bits per heavy atom. The molecule has 0 radical (unpaired) electrons. The molecule has 42 heavy (non-hydrogen) atoms. The standard InChI is InChI=1S/C40H60O2/c1-29(17-13-19-31(3)21-23-35-33(5)37(41)25-27-39(35,7)8)15-11-12-16-30(2)18-14-20-32(4)22-24-36-34(6)38(42)26-28-40(36,9)10/h11-24,33-38,41-42H,25-28H2,1-10H3/b12-11+,17-13+,18-14+,23-21+,24-22+,29-15+,30-16+,31-19-,32-20-/t33-,34-,35-,36-,37-,38+/m0/s1. The highest BCUT2D eigenvalue weighted by atomic mass is 16.3. The molecule has 0 amide bonds. The lowest BCUT2D eigenvalue weighted by molar-refractivity contribution is -0.00432. The van der Waals surface area contributed by atoms with Gasteiger partial charge in [0.05, 0.1) is 12.2 Å². The summed E-state index contributed by atoms with van der Waals surface area (Å²) in [6.07, 6.45) is 33.8. The van der Waals surface area contributed by atoms with Crippen LogP contribution in [0, 0.1) is 34.5 Å². The van der Waals surface area contributed by atoms with Gasteiger partial charge in [-0.3, -0.25) is 0 Å². The van der Waals surface area contributed by atoms with Gasteiger partial charge in [-0.15, -0.1) is 0 Å². The zero-order chi connectivity index (χ0) is 31.5. The fraction of sp³-hybridized carbons (Fsp3) is 0.550. The second-order valence-corrected chi connectivity index (χ2v) is 14.4. The zero-order valence-electron chi connectivity index (χ0n) is 28.3. The number of rotatable bonds is 10. The first-order valence-electron chi connectivity index (χ1n) is 16.1. The predicted octanol–water partition coefficient (Wildman–Crippen LogP) is 10.4. The van der Waals surface area contributed by atoms with E-state index in [1.165, 1.54) is 22.3 Å². The third kappa shape index (κ3) is 11.3.